The summed E-state index contributed by atoms with van der Waals surface area (Å²) in [6.45, 7) is 5.52. The Kier molecular flexibility index (Phi) is 4.36. The van der Waals surface area contributed by atoms with Crippen molar-refractivity contribution >= 4 is 11.6 Å². The minimum Gasteiger partial charge on any atom is -0.486 e. The summed E-state index contributed by atoms with van der Waals surface area (Å²) in [7, 11) is 0. The zero-order valence-corrected chi connectivity index (χ0v) is 11.7. The number of hydrogen-bond acceptors (Lipinski definition) is 3. The highest BCUT2D eigenvalue weighted by Crippen LogP contribution is 2.38. The largest absolute Gasteiger partial charge is 0.486 e. The summed E-state index contributed by atoms with van der Waals surface area (Å²) in [4.78, 5) is 0. The van der Waals surface area contributed by atoms with Gasteiger partial charge in [0.15, 0.2) is 11.5 Å². The van der Waals surface area contributed by atoms with Crippen molar-refractivity contribution in [2.24, 2.45) is 11.7 Å². The Labute approximate surface area is 113 Å². The highest BCUT2D eigenvalue weighted by atomic mass is 35.5. The van der Waals surface area contributed by atoms with Crippen LogP contribution in [0.15, 0.2) is 12.1 Å². The number of fused-ring (bicyclic) bond motifs is 1. The number of nitrogens with two attached hydrogens (primary N) is 1. The van der Waals surface area contributed by atoms with Crippen molar-refractivity contribution in [1.29, 1.82) is 0 Å². The number of rotatable bonds is 4. The maximum atomic E-state index is 6.27. The van der Waals surface area contributed by atoms with E-state index in [-0.39, 0.29) is 6.04 Å². The Balaban J connectivity index is 2.22. The van der Waals surface area contributed by atoms with Crippen LogP contribution in [-0.4, -0.2) is 13.2 Å². The van der Waals surface area contributed by atoms with Crippen LogP contribution in [0.2, 0.25) is 5.02 Å². The number of hydrogen-bond donors (Lipinski definition) is 1. The van der Waals surface area contributed by atoms with Crippen molar-refractivity contribution in [3.05, 3.63) is 22.7 Å². The summed E-state index contributed by atoms with van der Waals surface area (Å²) >= 11 is 6.27. The van der Waals surface area contributed by atoms with E-state index < -0.39 is 0 Å². The molecule has 2 unspecified atom stereocenters. The van der Waals surface area contributed by atoms with E-state index >= 15 is 0 Å². The first-order chi connectivity index (χ1) is 8.61. The lowest BCUT2D eigenvalue weighted by Crippen LogP contribution is -2.18. The lowest BCUT2D eigenvalue weighted by Gasteiger charge is -2.22. The highest BCUT2D eigenvalue weighted by Gasteiger charge is 2.19. The topological polar surface area (TPSA) is 44.5 Å². The second-order valence-electron chi connectivity index (χ2n) is 4.87. The molecule has 0 amide bonds. The van der Waals surface area contributed by atoms with Crippen LogP contribution in [0.4, 0.5) is 0 Å². The van der Waals surface area contributed by atoms with Crippen LogP contribution in [0.1, 0.15) is 38.3 Å². The molecule has 0 spiro atoms. The molecule has 0 bridgehead atoms. The fraction of sp³-hybridized carbons (Fsp3) is 0.571. The van der Waals surface area contributed by atoms with E-state index in [4.69, 9.17) is 26.8 Å². The fourth-order valence-electron chi connectivity index (χ4n) is 2.09. The van der Waals surface area contributed by atoms with E-state index in [1.807, 2.05) is 12.1 Å². The van der Waals surface area contributed by atoms with Crippen molar-refractivity contribution in [1.82, 2.24) is 0 Å². The van der Waals surface area contributed by atoms with Gasteiger partial charge in [0.2, 0.25) is 0 Å². The monoisotopic (exact) mass is 269 g/mol. The predicted molar refractivity (Wildman–Crippen MR) is 73.4 cm³/mol. The quantitative estimate of drug-likeness (QED) is 0.909. The molecule has 1 aromatic carbocycles. The Morgan fingerprint density at radius 2 is 1.89 bits per heavy atom. The summed E-state index contributed by atoms with van der Waals surface area (Å²) in [5.74, 6) is 2.05. The van der Waals surface area contributed by atoms with E-state index in [0.717, 1.165) is 24.2 Å². The van der Waals surface area contributed by atoms with E-state index in [1.54, 1.807) is 0 Å². The van der Waals surface area contributed by atoms with Crippen molar-refractivity contribution in [2.75, 3.05) is 13.2 Å². The smallest absolute Gasteiger partial charge is 0.162 e. The van der Waals surface area contributed by atoms with Gasteiger partial charge in [0.25, 0.3) is 0 Å². The molecule has 1 aliphatic heterocycles. The molecule has 2 rings (SSSR count). The van der Waals surface area contributed by atoms with Crippen molar-refractivity contribution in [3.63, 3.8) is 0 Å². The molecule has 0 aliphatic carbocycles. The van der Waals surface area contributed by atoms with Gasteiger partial charge < -0.3 is 15.2 Å². The van der Waals surface area contributed by atoms with Crippen LogP contribution in [-0.2, 0) is 0 Å². The first-order valence-corrected chi connectivity index (χ1v) is 6.84. The van der Waals surface area contributed by atoms with Gasteiger partial charge in [-0.3, -0.25) is 0 Å². The first-order valence-electron chi connectivity index (χ1n) is 6.46. The van der Waals surface area contributed by atoms with Crippen LogP contribution in [0, 0.1) is 5.92 Å². The highest BCUT2D eigenvalue weighted by molar-refractivity contribution is 6.31. The molecule has 100 valence electrons. The maximum Gasteiger partial charge on any atom is 0.162 e. The molecule has 1 aromatic rings. The molecule has 1 heterocycles. The van der Waals surface area contributed by atoms with Crippen molar-refractivity contribution < 1.29 is 9.47 Å². The Hall–Kier alpha value is -0.930. The molecule has 0 fully saturated rings. The zero-order chi connectivity index (χ0) is 13.1. The number of halogens is 1. The minimum absolute atomic E-state index is 0.0525. The molecule has 4 heteroatoms. The van der Waals surface area contributed by atoms with Crippen molar-refractivity contribution in [3.8, 4) is 11.5 Å². The molecule has 0 radical (unpaired) electrons. The van der Waals surface area contributed by atoms with Gasteiger partial charge in [-0.05, 0) is 24.0 Å². The normalized spacial score (nSPS) is 17.3. The van der Waals surface area contributed by atoms with Crippen LogP contribution in [0.3, 0.4) is 0 Å². The SMILES string of the molecule is CCC(C)CC(N)c1cc2c(cc1Cl)OCCO2. The van der Waals surface area contributed by atoms with Crippen LogP contribution < -0.4 is 15.2 Å². The third-order valence-corrected chi connectivity index (χ3v) is 3.74. The second-order valence-corrected chi connectivity index (χ2v) is 5.28. The van der Waals surface area contributed by atoms with Gasteiger partial charge >= 0.3 is 0 Å². The zero-order valence-electron chi connectivity index (χ0n) is 10.9. The third-order valence-electron chi connectivity index (χ3n) is 3.41. The standard InChI is InChI=1S/C14H20ClNO2/c1-3-9(2)6-12(16)10-7-13-14(8-11(10)15)18-5-4-17-13/h7-9,12H,3-6,16H2,1-2H3. The van der Waals surface area contributed by atoms with Gasteiger partial charge in [-0.1, -0.05) is 31.9 Å². The van der Waals surface area contributed by atoms with Gasteiger partial charge in [-0.25, -0.2) is 0 Å². The van der Waals surface area contributed by atoms with Gasteiger partial charge in [-0.15, -0.1) is 0 Å². The average molecular weight is 270 g/mol. The molecule has 2 N–H and O–H groups in total. The minimum atomic E-state index is -0.0525. The molecule has 18 heavy (non-hydrogen) atoms. The van der Waals surface area contributed by atoms with E-state index in [9.17, 15) is 0 Å². The predicted octanol–water partition coefficient (Wildman–Crippen LogP) is 3.55. The molecule has 2 atom stereocenters. The first kappa shape index (κ1) is 13.5. The molecule has 0 aromatic heterocycles. The van der Waals surface area contributed by atoms with Gasteiger partial charge in [0, 0.05) is 17.1 Å². The molecule has 1 aliphatic rings. The number of ether oxygens (including phenoxy) is 2. The lowest BCUT2D eigenvalue weighted by molar-refractivity contribution is 0.171. The van der Waals surface area contributed by atoms with E-state index in [0.29, 0.717) is 29.9 Å². The Morgan fingerprint density at radius 3 is 2.50 bits per heavy atom. The van der Waals surface area contributed by atoms with Crippen LogP contribution in [0.5, 0.6) is 11.5 Å². The van der Waals surface area contributed by atoms with E-state index in [2.05, 4.69) is 13.8 Å². The van der Waals surface area contributed by atoms with Gasteiger partial charge in [0.05, 0.1) is 0 Å². The molecule has 0 saturated carbocycles. The summed E-state index contributed by atoms with van der Waals surface area (Å²) in [5, 5.41) is 0.662. The molecule has 3 nitrogen and oxygen atoms in total. The van der Waals surface area contributed by atoms with Gasteiger partial charge in [0.1, 0.15) is 13.2 Å². The Bertz CT molecular complexity index is 423. The maximum absolute atomic E-state index is 6.27. The average Bonchev–Trinajstić information content (AvgIpc) is 2.37. The van der Waals surface area contributed by atoms with Crippen molar-refractivity contribution in [2.45, 2.75) is 32.7 Å². The van der Waals surface area contributed by atoms with Crippen LogP contribution in [0.25, 0.3) is 0 Å². The summed E-state index contributed by atoms with van der Waals surface area (Å²) in [6, 6.07) is 3.68. The Morgan fingerprint density at radius 1 is 1.28 bits per heavy atom. The lowest BCUT2D eigenvalue weighted by atomic mass is 9.94. The summed E-state index contributed by atoms with van der Waals surface area (Å²) < 4.78 is 11.1. The van der Waals surface area contributed by atoms with Crippen LogP contribution >= 0.6 is 11.6 Å². The molecule has 0 saturated heterocycles. The summed E-state index contributed by atoms with van der Waals surface area (Å²) in [5.41, 5.74) is 7.17. The number of benzene rings is 1. The molecular weight excluding hydrogens is 250 g/mol. The van der Waals surface area contributed by atoms with E-state index in [1.165, 1.54) is 0 Å². The molecular formula is C14H20ClNO2. The second kappa shape index (κ2) is 5.81. The summed E-state index contributed by atoms with van der Waals surface area (Å²) in [6.07, 6.45) is 2.05. The van der Waals surface area contributed by atoms with Gasteiger partial charge in [-0.2, -0.15) is 0 Å². The third kappa shape index (κ3) is 2.90. The fourth-order valence-corrected chi connectivity index (χ4v) is 2.38.